The molecule has 0 atom stereocenters. The van der Waals surface area contributed by atoms with Gasteiger partial charge in [0.05, 0.1) is 18.1 Å². The van der Waals surface area contributed by atoms with Crippen LogP contribution >= 0.6 is 39.9 Å². The summed E-state index contributed by atoms with van der Waals surface area (Å²) in [5.74, 6) is 0.535. The van der Waals surface area contributed by atoms with E-state index in [4.69, 9.17) is 10.5 Å². The van der Waals surface area contributed by atoms with Crippen molar-refractivity contribution in [2.24, 2.45) is 10.7 Å². The third-order valence-corrected chi connectivity index (χ3v) is 3.63. The maximum absolute atomic E-state index is 12.1. The standard InChI is InChI=1S/C16H15BrF3N3O2.HI/c1-24-14-7-2-10(8-13(14)17)9-22-15(21)23-11-3-5-12(6-4-11)25-16(18,19)20;/h2-8H,9H2,1H3,(H3,21,22,23);1H. The molecule has 2 rings (SSSR count). The molecule has 0 bridgehead atoms. The molecule has 142 valence electrons. The number of aliphatic imine (C=N–C) groups is 1. The van der Waals surface area contributed by atoms with Gasteiger partial charge in [0.25, 0.3) is 0 Å². The third kappa shape index (κ3) is 7.28. The first kappa shape index (κ1) is 22.4. The monoisotopic (exact) mass is 545 g/mol. The zero-order chi connectivity index (χ0) is 18.4. The molecule has 0 aliphatic heterocycles. The van der Waals surface area contributed by atoms with Crippen molar-refractivity contribution in [2.75, 3.05) is 12.4 Å². The summed E-state index contributed by atoms with van der Waals surface area (Å²) in [7, 11) is 1.57. The third-order valence-electron chi connectivity index (χ3n) is 3.01. The summed E-state index contributed by atoms with van der Waals surface area (Å²) in [5, 5.41) is 2.79. The number of nitrogens with two attached hydrogens (primary N) is 1. The molecule has 10 heteroatoms. The van der Waals surface area contributed by atoms with Crippen molar-refractivity contribution < 1.29 is 22.6 Å². The lowest BCUT2D eigenvalue weighted by Crippen LogP contribution is -2.22. The molecule has 5 nitrogen and oxygen atoms in total. The second-order valence-electron chi connectivity index (χ2n) is 4.87. The van der Waals surface area contributed by atoms with Crippen LogP contribution in [0.2, 0.25) is 0 Å². The summed E-state index contributed by atoms with van der Waals surface area (Å²) in [6.07, 6.45) is -4.72. The Morgan fingerprint density at radius 3 is 2.38 bits per heavy atom. The average Bonchev–Trinajstić information content (AvgIpc) is 2.53. The molecule has 2 aromatic rings. The minimum Gasteiger partial charge on any atom is -0.496 e. The number of alkyl halides is 3. The van der Waals surface area contributed by atoms with Crippen molar-refractivity contribution in [1.29, 1.82) is 0 Å². The van der Waals surface area contributed by atoms with Crippen molar-refractivity contribution >= 4 is 51.6 Å². The summed E-state index contributed by atoms with van der Waals surface area (Å²) in [6, 6.07) is 10.7. The Balaban J connectivity index is 0.00000338. The molecule has 0 heterocycles. The van der Waals surface area contributed by atoms with Gasteiger partial charge in [0.15, 0.2) is 5.96 Å². The van der Waals surface area contributed by atoms with Gasteiger partial charge in [0, 0.05) is 5.69 Å². The van der Waals surface area contributed by atoms with Gasteiger partial charge in [-0.05, 0) is 57.9 Å². The van der Waals surface area contributed by atoms with Crippen molar-refractivity contribution in [2.45, 2.75) is 12.9 Å². The van der Waals surface area contributed by atoms with Gasteiger partial charge in [-0.2, -0.15) is 0 Å². The quantitative estimate of drug-likeness (QED) is 0.318. The molecule has 2 aromatic carbocycles. The fourth-order valence-corrected chi connectivity index (χ4v) is 2.50. The van der Waals surface area contributed by atoms with Crippen molar-refractivity contribution in [3.63, 3.8) is 0 Å². The van der Waals surface area contributed by atoms with Gasteiger partial charge < -0.3 is 20.5 Å². The molecule has 0 spiro atoms. The second-order valence-corrected chi connectivity index (χ2v) is 5.72. The molecule has 0 radical (unpaired) electrons. The molecule has 3 N–H and O–H groups in total. The summed E-state index contributed by atoms with van der Waals surface area (Å²) >= 11 is 3.38. The Kier molecular flexibility index (Phi) is 8.47. The van der Waals surface area contributed by atoms with Crippen LogP contribution in [0.15, 0.2) is 51.9 Å². The van der Waals surface area contributed by atoms with Crippen molar-refractivity contribution in [1.82, 2.24) is 0 Å². The Morgan fingerprint density at radius 1 is 1.19 bits per heavy atom. The number of hydrogen-bond acceptors (Lipinski definition) is 3. The maximum atomic E-state index is 12.1. The predicted molar refractivity (Wildman–Crippen MR) is 108 cm³/mol. The van der Waals surface area contributed by atoms with E-state index in [-0.39, 0.29) is 35.7 Å². The van der Waals surface area contributed by atoms with E-state index in [0.29, 0.717) is 18.0 Å². The van der Waals surface area contributed by atoms with E-state index in [9.17, 15) is 13.2 Å². The van der Waals surface area contributed by atoms with Crippen molar-refractivity contribution in [3.8, 4) is 11.5 Å². The maximum Gasteiger partial charge on any atom is 0.573 e. The van der Waals surface area contributed by atoms with Gasteiger partial charge >= 0.3 is 6.36 Å². The zero-order valence-corrected chi connectivity index (χ0v) is 17.4. The average molecular weight is 546 g/mol. The Labute approximate surface area is 173 Å². The van der Waals surface area contributed by atoms with E-state index in [1.165, 1.54) is 24.3 Å². The molecule has 0 aliphatic carbocycles. The topological polar surface area (TPSA) is 68.9 Å². The van der Waals surface area contributed by atoms with E-state index in [2.05, 4.69) is 31.0 Å². The van der Waals surface area contributed by atoms with Gasteiger partial charge in [-0.15, -0.1) is 37.1 Å². The first-order chi connectivity index (χ1) is 11.8. The second kappa shape index (κ2) is 9.86. The number of anilines is 1. The number of methoxy groups -OCH3 is 1. The number of halogens is 5. The first-order valence-corrected chi connectivity index (χ1v) is 7.81. The fourth-order valence-electron chi connectivity index (χ4n) is 1.91. The highest BCUT2D eigenvalue weighted by molar-refractivity contribution is 14.0. The van der Waals surface area contributed by atoms with Crippen LogP contribution in [0.4, 0.5) is 18.9 Å². The van der Waals surface area contributed by atoms with Crippen molar-refractivity contribution in [3.05, 3.63) is 52.5 Å². The summed E-state index contributed by atoms with van der Waals surface area (Å²) in [5.41, 5.74) is 7.18. The Bertz CT molecular complexity index is 755. The number of ether oxygens (including phenoxy) is 2. The lowest BCUT2D eigenvalue weighted by atomic mass is 10.2. The molecule has 0 fully saturated rings. The van der Waals surface area contributed by atoms with Gasteiger partial charge in [-0.1, -0.05) is 6.07 Å². The molecule has 0 saturated carbocycles. The minimum atomic E-state index is -4.72. The highest BCUT2D eigenvalue weighted by Crippen LogP contribution is 2.26. The smallest absolute Gasteiger partial charge is 0.496 e. The number of hydrogen-bond donors (Lipinski definition) is 2. The molecule has 0 aliphatic rings. The molecular formula is C16H16BrF3IN3O2. The predicted octanol–water partition coefficient (Wildman–Crippen LogP) is 4.90. The van der Waals surface area contributed by atoms with Crippen LogP contribution in [0, 0.1) is 0 Å². The normalized spacial score (nSPS) is 11.5. The van der Waals surface area contributed by atoms with Crippen LogP contribution in [0.1, 0.15) is 5.56 Å². The number of guanidine groups is 1. The first-order valence-electron chi connectivity index (χ1n) is 7.02. The Hall–Kier alpha value is -1.69. The van der Waals surface area contributed by atoms with E-state index >= 15 is 0 Å². The zero-order valence-electron chi connectivity index (χ0n) is 13.5. The number of nitrogens with zero attached hydrogens (tertiary/aromatic N) is 1. The SMILES string of the molecule is COc1ccc(CN=C(N)Nc2ccc(OC(F)(F)F)cc2)cc1Br.I. The summed E-state index contributed by atoms with van der Waals surface area (Å²) in [4.78, 5) is 4.18. The molecule has 0 aromatic heterocycles. The van der Waals surface area contributed by atoms with E-state index < -0.39 is 6.36 Å². The lowest BCUT2D eigenvalue weighted by molar-refractivity contribution is -0.274. The molecule has 26 heavy (non-hydrogen) atoms. The number of benzene rings is 2. The summed E-state index contributed by atoms with van der Waals surface area (Å²) < 4.78 is 46.0. The van der Waals surface area contributed by atoms with Crippen LogP contribution in [0.25, 0.3) is 0 Å². The number of nitrogens with one attached hydrogen (secondary N) is 1. The molecular weight excluding hydrogens is 530 g/mol. The van der Waals surface area contributed by atoms with Crippen LogP contribution < -0.4 is 20.5 Å². The largest absolute Gasteiger partial charge is 0.573 e. The highest BCUT2D eigenvalue weighted by Gasteiger charge is 2.30. The lowest BCUT2D eigenvalue weighted by Gasteiger charge is -2.10. The van der Waals surface area contributed by atoms with E-state index in [1.54, 1.807) is 13.2 Å². The van der Waals surface area contributed by atoms with Gasteiger partial charge in [-0.25, -0.2) is 4.99 Å². The van der Waals surface area contributed by atoms with Gasteiger partial charge in [-0.3, -0.25) is 0 Å². The van der Waals surface area contributed by atoms with Crippen LogP contribution in [0.5, 0.6) is 11.5 Å². The minimum absolute atomic E-state index is 0. The Morgan fingerprint density at radius 2 is 1.85 bits per heavy atom. The molecule has 0 unspecified atom stereocenters. The number of rotatable bonds is 5. The highest BCUT2D eigenvalue weighted by atomic mass is 127. The van der Waals surface area contributed by atoms with Crippen LogP contribution in [0.3, 0.4) is 0 Å². The van der Waals surface area contributed by atoms with Crippen LogP contribution in [-0.2, 0) is 6.54 Å². The van der Waals surface area contributed by atoms with Gasteiger partial charge in [0.1, 0.15) is 11.5 Å². The molecule has 0 saturated heterocycles. The van der Waals surface area contributed by atoms with E-state index in [1.807, 2.05) is 12.1 Å². The summed E-state index contributed by atoms with van der Waals surface area (Å²) in [6.45, 7) is 0.330. The van der Waals surface area contributed by atoms with Crippen LogP contribution in [-0.4, -0.2) is 19.4 Å². The van der Waals surface area contributed by atoms with Gasteiger partial charge in [0.2, 0.25) is 0 Å². The fraction of sp³-hybridized carbons (Fsp3) is 0.188. The molecule has 0 amide bonds. The van der Waals surface area contributed by atoms with E-state index in [0.717, 1.165) is 10.0 Å².